The van der Waals surface area contributed by atoms with Crippen molar-refractivity contribution < 1.29 is 28.2 Å². The van der Waals surface area contributed by atoms with Crippen LogP contribution in [0.2, 0.25) is 0 Å². The van der Waals surface area contributed by atoms with Crippen LogP contribution in [0.25, 0.3) is 22.3 Å². The number of carbonyl (C=O) groups excluding carboxylic acids is 2. The Hall–Kier alpha value is -4.25. The number of alkyl halides is 2. The Bertz CT molecular complexity index is 1570. The van der Waals surface area contributed by atoms with Crippen LogP contribution in [0.5, 0.6) is 5.75 Å². The third-order valence-electron chi connectivity index (χ3n) is 6.77. The molecule has 0 saturated carbocycles. The van der Waals surface area contributed by atoms with E-state index >= 15 is 0 Å². The third kappa shape index (κ3) is 3.82. The van der Waals surface area contributed by atoms with Gasteiger partial charge < -0.3 is 19.7 Å². The molecule has 2 aliphatic rings. The Kier molecular flexibility index (Phi) is 5.45. The first-order chi connectivity index (χ1) is 17.8. The highest BCUT2D eigenvalue weighted by Gasteiger charge is 2.42. The summed E-state index contributed by atoms with van der Waals surface area (Å²) in [6.45, 7) is -1.77. The number of rotatable bonds is 6. The number of nitrogens with one attached hydrogen (secondary N) is 1. The van der Waals surface area contributed by atoms with Crippen LogP contribution in [0.1, 0.15) is 53.0 Å². The Balaban J connectivity index is 1.60. The molecule has 6 rings (SSSR count). The predicted molar refractivity (Wildman–Crippen MR) is 127 cm³/mol. The average Bonchev–Trinajstić information content (AvgIpc) is 3.36. The molecule has 2 bridgehead atoms. The zero-order valence-corrected chi connectivity index (χ0v) is 19.6. The van der Waals surface area contributed by atoms with Gasteiger partial charge in [-0.15, -0.1) is 0 Å². The summed E-state index contributed by atoms with van der Waals surface area (Å²) in [5.41, 5.74) is 2.84. The summed E-state index contributed by atoms with van der Waals surface area (Å²) in [5.74, 6) is -0.198. The van der Waals surface area contributed by atoms with Gasteiger partial charge in [-0.3, -0.25) is 9.59 Å². The van der Waals surface area contributed by atoms with Gasteiger partial charge in [0.05, 0.1) is 35.2 Å². The van der Waals surface area contributed by atoms with Crippen molar-refractivity contribution in [3.8, 4) is 17.0 Å². The normalized spacial score (nSPS) is 18.8. The molecule has 0 fully saturated rings. The first-order valence-electron chi connectivity index (χ1n) is 11.7. The highest BCUT2D eigenvalue weighted by atomic mass is 19.3. The van der Waals surface area contributed by atoms with E-state index in [-0.39, 0.29) is 41.2 Å². The van der Waals surface area contributed by atoms with Gasteiger partial charge in [0, 0.05) is 22.9 Å². The van der Waals surface area contributed by atoms with Crippen LogP contribution in [0.15, 0.2) is 48.7 Å². The molecule has 1 unspecified atom stereocenters. The molecule has 2 aromatic heterocycles. The molecule has 2 aromatic carbocycles. The number of aromatic nitrogens is 4. The molecule has 0 spiro atoms. The van der Waals surface area contributed by atoms with Gasteiger partial charge in [0.2, 0.25) is 0 Å². The van der Waals surface area contributed by atoms with Crippen LogP contribution in [0, 0.1) is 0 Å². The topological polar surface area (TPSA) is 119 Å². The quantitative estimate of drug-likeness (QED) is 0.412. The van der Waals surface area contributed by atoms with Crippen molar-refractivity contribution >= 4 is 22.7 Å². The average molecular weight is 505 g/mol. The number of amides is 1. The Morgan fingerprint density at radius 2 is 2.03 bits per heavy atom. The highest BCUT2D eigenvalue weighted by Crippen LogP contribution is 2.49. The fourth-order valence-corrected chi connectivity index (χ4v) is 5.21. The maximum atomic E-state index is 13.5. The molecule has 3 atom stereocenters. The fraction of sp³-hybridized carbons (Fsp3) is 0.269. The minimum absolute atomic E-state index is 0.111. The largest absolute Gasteiger partial charge is 0.434 e. The molecular weight excluding hydrogens is 484 g/mol. The van der Waals surface area contributed by atoms with Crippen molar-refractivity contribution in [1.82, 2.24) is 24.8 Å². The number of ether oxygens (including phenoxy) is 1. The second kappa shape index (κ2) is 8.70. The standard InChI is InChI=1S/C26H21F2N5O4/c1-12(34)19(35)11-21-29-9-8-15(30-21)23-20(37-26(27)28)7-6-13-22(23)18-10-16(32-25(13)36)24-31-14-4-2-3-5-17(14)33(18)24/h2-9,12,16,18,26,34H,10-11H2,1H3,(H,32,36)/t12?,16-,18-/m1/s1. The van der Waals surface area contributed by atoms with Crippen molar-refractivity contribution in [3.63, 3.8) is 0 Å². The molecule has 4 aromatic rings. The molecule has 0 radical (unpaired) electrons. The van der Waals surface area contributed by atoms with E-state index in [2.05, 4.69) is 15.3 Å². The van der Waals surface area contributed by atoms with Crippen LogP contribution in [-0.4, -0.2) is 49.0 Å². The van der Waals surface area contributed by atoms with E-state index in [1.54, 1.807) is 0 Å². The summed E-state index contributed by atoms with van der Waals surface area (Å²) in [6.07, 6.45) is 0.429. The number of aliphatic hydroxyl groups is 1. The van der Waals surface area contributed by atoms with E-state index in [0.717, 1.165) is 11.0 Å². The molecule has 11 heteroatoms. The summed E-state index contributed by atoms with van der Waals surface area (Å²) in [4.78, 5) is 38.7. The van der Waals surface area contributed by atoms with Crippen molar-refractivity contribution in [1.29, 1.82) is 0 Å². The molecule has 2 N–H and O–H groups in total. The van der Waals surface area contributed by atoms with E-state index < -0.39 is 24.5 Å². The molecule has 4 heterocycles. The first-order valence-corrected chi connectivity index (χ1v) is 11.7. The van der Waals surface area contributed by atoms with Crippen LogP contribution in [-0.2, 0) is 11.2 Å². The lowest BCUT2D eigenvalue weighted by atomic mass is 9.90. The summed E-state index contributed by atoms with van der Waals surface area (Å²) in [6, 6.07) is 11.1. The van der Waals surface area contributed by atoms with Gasteiger partial charge in [-0.1, -0.05) is 12.1 Å². The molecule has 37 heavy (non-hydrogen) atoms. The zero-order valence-electron chi connectivity index (χ0n) is 19.6. The monoisotopic (exact) mass is 505 g/mol. The molecule has 188 valence electrons. The number of para-hydroxylation sites is 2. The smallest absolute Gasteiger partial charge is 0.387 e. The maximum Gasteiger partial charge on any atom is 0.387 e. The number of halogens is 2. The number of hydrogen-bond donors (Lipinski definition) is 2. The zero-order chi connectivity index (χ0) is 25.8. The molecule has 0 aliphatic carbocycles. The number of ketones is 1. The number of imidazole rings is 1. The van der Waals surface area contributed by atoms with E-state index in [1.165, 1.54) is 31.3 Å². The number of carbonyl (C=O) groups is 2. The number of benzene rings is 2. The van der Waals surface area contributed by atoms with Crippen LogP contribution >= 0.6 is 0 Å². The molecule has 9 nitrogen and oxygen atoms in total. The van der Waals surface area contributed by atoms with Gasteiger partial charge >= 0.3 is 6.61 Å². The predicted octanol–water partition coefficient (Wildman–Crippen LogP) is 3.36. The third-order valence-corrected chi connectivity index (χ3v) is 6.77. The van der Waals surface area contributed by atoms with Crippen LogP contribution in [0.3, 0.4) is 0 Å². The summed E-state index contributed by atoms with van der Waals surface area (Å²) >= 11 is 0. The van der Waals surface area contributed by atoms with Crippen LogP contribution in [0.4, 0.5) is 8.78 Å². The number of nitrogens with zero attached hydrogens (tertiary/aromatic N) is 4. The molecule has 2 aliphatic heterocycles. The Morgan fingerprint density at radius 3 is 2.81 bits per heavy atom. The lowest BCUT2D eigenvalue weighted by molar-refractivity contribution is -0.125. The minimum atomic E-state index is -3.12. The van der Waals surface area contributed by atoms with Gasteiger partial charge in [-0.25, -0.2) is 15.0 Å². The molecule has 0 saturated heterocycles. The minimum Gasteiger partial charge on any atom is -0.434 e. The van der Waals surface area contributed by atoms with E-state index in [9.17, 15) is 23.5 Å². The summed E-state index contributed by atoms with van der Waals surface area (Å²) < 4.78 is 33.9. The summed E-state index contributed by atoms with van der Waals surface area (Å²) in [7, 11) is 0. The van der Waals surface area contributed by atoms with Gasteiger partial charge in [-0.05, 0) is 43.7 Å². The second-order valence-corrected chi connectivity index (χ2v) is 9.06. The van der Waals surface area contributed by atoms with Crippen molar-refractivity contribution in [2.45, 2.75) is 44.6 Å². The SMILES string of the molecule is CC(O)C(=O)Cc1nccc(-c2c(OC(F)F)ccc3c2[C@H]2C[C@@H](NC3=O)c3nc4ccccc4n32)n1. The lowest BCUT2D eigenvalue weighted by Crippen LogP contribution is -2.28. The van der Waals surface area contributed by atoms with Crippen molar-refractivity contribution in [2.75, 3.05) is 0 Å². The Labute approximate surface area is 209 Å². The number of fused-ring (bicyclic) bond motifs is 9. The highest BCUT2D eigenvalue weighted by molar-refractivity contribution is 6.00. The van der Waals surface area contributed by atoms with Gasteiger partial charge in [-0.2, -0.15) is 8.78 Å². The molecule has 1 amide bonds. The van der Waals surface area contributed by atoms with Gasteiger partial charge in [0.15, 0.2) is 5.78 Å². The Morgan fingerprint density at radius 1 is 1.22 bits per heavy atom. The summed E-state index contributed by atoms with van der Waals surface area (Å²) in [5, 5.41) is 12.6. The number of hydrogen-bond acceptors (Lipinski definition) is 7. The fourth-order valence-electron chi connectivity index (χ4n) is 5.21. The van der Waals surface area contributed by atoms with E-state index in [4.69, 9.17) is 9.72 Å². The van der Waals surface area contributed by atoms with Crippen molar-refractivity contribution in [2.24, 2.45) is 0 Å². The molecular formula is C26H21F2N5O4. The van der Waals surface area contributed by atoms with Gasteiger partial charge in [0.25, 0.3) is 5.91 Å². The number of aliphatic hydroxyl groups excluding tert-OH is 1. The maximum absolute atomic E-state index is 13.5. The van der Waals surface area contributed by atoms with Crippen LogP contribution < -0.4 is 10.1 Å². The van der Waals surface area contributed by atoms with Crippen molar-refractivity contribution in [3.05, 3.63) is 71.4 Å². The second-order valence-electron chi connectivity index (χ2n) is 9.06. The first kappa shape index (κ1) is 23.2. The van der Waals surface area contributed by atoms with E-state index in [1.807, 2.05) is 28.8 Å². The number of Topliss-reactive ketones (excluding diaryl/α,β-unsaturated/α-hetero) is 1. The van der Waals surface area contributed by atoms with E-state index in [0.29, 0.717) is 23.4 Å². The van der Waals surface area contributed by atoms with Gasteiger partial charge in [0.1, 0.15) is 23.5 Å². The lowest BCUT2D eigenvalue weighted by Gasteiger charge is -2.23.